The molecule has 2 aromatic heterocycles. The molecule has 21 heavy (non-hydrogen) atoms. The minimum Gasteiger partial charge on any atom is -0.335 e. The first-order valence-electron chi connectivity index (χ1n) is 7.10. The van der Waals surface area contributed by atoms with Crippen LogP contribution in [0.1, 0.15) is 16.1 Å². The molecule has 1 fully saturated rings. The van der Waals surface area contributed by atoms with Gasteiger partial charge in [0.25, 0.3) is 5.91 Å². The molecule has 0 unspecified atom stereocenters. The summed E-state index contributed by atoms with van der Waals surface area (Å²) in [6, 6.07) is 1.77. The largest absolute Gasteiger partial charge is 0.335 e. The SMILES string of the molecule is Cn1cc(CN2CCN(C(=O)c3ccn(C)n3)CC2)cn1. The molecule has 1 aliphatic rings. The van der Waals surface area contributed by atoms with Crippen molar-refractivity contribution in [3.8, 4) is 0 Å². The molecule has 3 heterocycles. The highest BCUT2D eigenvalue weighted by Gasteiger charge is 2.23. The van der Waals surface area contributed by atoms with Gasteiger partial charge in [-0.2, -0.15) is 10.2 Å². The molecular formula is C14H20N6O. The van der Waals surface area contributed by atoms with Gasteiger partial charge in [-0.3, -0.25) is 19.1 Å². The quantitative estimate of drug-likeness (QED) is 0.804. The van der Waals surface area contributed by atoms with E-state index in [2.05, 4.69) is 15.1 Å². The number of hydrogen-bond donors (Lipinski definition) is 0. The van der Waals surface area contributed by atoms with Gasteiger partial charge in [0.05, 0.1) is 6.20 Å². The van der Waals surface area contributed by atoms with Crippen molar-refractivity contribution in [2.45, 2.75) is 6.54 Å². The predicted octanol–water partition coefficient (Wildman–Crippen LogP) is 0.112. The molecule has 2 aromatic rings. The summed E-state index contributed by atoms with van der Waals surface area (Å²) in [5.41, 5.74) is 1.74. The van der Waals surface area contributed by atoms with Gasteiger partial charge >= 0.3 is 0 Å². The van der Waals surface area contributed by atoms with Crippen LogP contribution in [0, 0.1) is 0 Å². The fraction of sp³-hybridized carbons (Fsp3) is 0.500. The van der Waals surface area contributed by atoms with Gasteiger partial charge in [-0.25, -0.2) is 0 Å². The number of hydrogen-bond acceptors (Lipinski definition) is 4. The highest BCUT2D eigenvalue weighted by atomic mass is 16.2. The zero-order chi connectivity index (χ0) is 14.8. The number of nitrogens with zero attached hydrogens (tertiary/aromatic N) is 6. The molecule has 1 aliphatic heterocycles. The summed E-state index contributed by atoms with van der Waals surface area (Å²) in [5, 5.41) is 8.36. The summed E-state index contributed by atoms with van der Waals surface area (Å²) in [4.78, 5) is 16.5. The lowest BCUT2D eigenvalue weighted by molar-refractivity contribution is 0.0622. The molecule has 112 valence electrons. The van der Waals surface area contributed by atoms with Crippen LogP contribution in [-0.2, 0) is 20.6 Å². The Hall–Kier alpha value is -2.15. The van der Waals surface area contributed by atoms with Crippen LogP contribution in [0.2, 0.25) is 0 Å². The maximum Gasteiger partial charge on any atom is 0.274 e. The van der Waals surface area contributed by atoms with Crippen LogP contribution in [0.4, 0.5) is 0 Å². The first-order chi connectivity index (χ1) is 10.1. The van der Waals surface area contributed by atoms with Gasteiger partial charge in [-0.1, -0.05) is 0 Å². The number of rotatable bonds is 3. The van der Waals surface area contributed by atoms with Gasteiger partial charge in [0.1, 0.15) is 5.69 Å². The lowest BCUT2D eigenvalue weighted by atomic mass is 10.2. The Bertz CT molecular complexity index is 623. The highest BCUT2D eigenvalue weighted by molar-refractivity contribution is 5.92. The Kier molecular flexibility index (Phi) is 3.74. The van der Waals surface area contributed by atoms with Gasteiger partial charge in [0.15, 0.2) is 0 Å². The summed E-state index contributed by atoms with van der Waals surface area (Å²) in [7, 11) is 3.75. The van der Waals surface area contributed by atoms with E-state index in [1.54, 1.807) is 16.9 Å². The molecule has 0 radical (unpaired) electrons. The Balaban J connectivity index is 1.54. The fourth-order valence-corrected chi connectivity index (χ4v) is 2.61. The normalized spacial score (nSPS) is 16.4. The standard InChI is InChI=1S/C14H20N6O/c1-17-4-3-13(16-17)14(21)20-7-5-19(6-8-20)11-12-9-15-18(2)10-12/h3-4,9-10H,5-8,11H2,1-2H3. The monoisotopic (exact) mass is 288 g/mol. The number of carbonyl (C=O) groups is 1. The molecule has 0 aliphatic carbocycles. The lowest BCUT2D eigenvalue weighted by Gasteiger charge is -2.34. The van der Waals surface area contributed by atoms with Crippen LogP contribution in [0.15, 0.2) is 24.7 Å². The molecule has 7 heteroatoms. The molecule has 7 nitrogen and oxygen atoms in total. The molecule has 1 saturated heterocycles. The molecule has 0 saturated carbocycles. The van der Waals surface area contributed by atoms with Crippen LogP contribution in [0.25, 0.3) is 0 Å². The predicted molar refractivity (Wildman–Crippen MR) is 77.6 cm³/mol. The Morgan fingerprint density at radius 1 is 1.19 bits per heavy atom. The van der Waals surface area contributed by atoms with E-state index in [1.807, 2.05) is 36.1 Å². The first-order valence-corrected chi connectivity index (χ1v) is 7.10. The van der Waals surface area contributed by atoms with Crippen molar-refractivity contribution in [2.75, 3.05) is 26.2 Å². The summed E-state index contributed by atoms with van der Waals surface area (Å²) in [6.45, 7) is 4.14. The van der Waals surface area contributed by atoms with E-state index in [0.29, 0.717) is 5.69 Å². The molecule has 0 bridgehead atoms. The van der Waals surface area contributed by atoms with Crippen LogP contribution in [0.5, 0.6) is 0 Å². The Morgan fingerprint density at radius 2 is 1.95 bits per heavy atom. The fourth-order valence-electron chi connectivity index (χ4n) is 2.61. The third-order valence-corrected chi connectivity index (χ3v) is 3.76. The maximum absolute atomic E-state index is 12.3. The number of aromatic nitrogens is 4. The van der Waals surface area contributed by atoms with Crippen LogP contribution < -0.4 is 0 Å². The molecule has 0 N–H and O–H groups in total. The number of piperazine rings is 1. The van der Waals surface area contributed by atoms with E-state index >= 15 is 0 Å². The Labute approximate surface area is 123 Å². The van der Waals surface area contributed by atoms with Crippen LogP contribution in [-0.4, -0.2) is 61.4 Å². The second-order valence-corrected chi connectivity index (χ2v) is 5.47. The molecule has 0 aromatic carbocycles. The van der Waals surface area contributed by atoms with E-state index in [-0.39, 0.29) is 5.91 Å². The topological polar surface area (TPSA) is 59.2 Å². The molecule has 0 spiro atoms. The van der Waals surface area contributed by atoms with Gasteiger partial charge in [0, 0.05) is 64.8 Å². The van der Waals surface area contributed by atoms with Crippen molar-refractivity contribution in [1.82, 2.24) is 29.4 Å². The smallest absolute Gasteiger partial charge is 0.274 e. The Morgan fingerprint density at radius 3 is 2.52 bits per heavy atom. The minimum absolute atomic E-state index is 0.0247. The van der Waals surface area contributed by atoms with E-state index in [9.17, 15) is 4.79 Å². The average molecular weight is 288 g/mol. The first kappa shape index (κ1) is 13.8. The van der Waals surface area contributed by atoms with Gasteiger partial charge < -0.3 is 4.90 Å². The van der Waals surface area contributed by atoms with Crippen molar-refractivity contribution in [3.05, 3.63) is 35.9 Å². The second kappa shape index (κ2) is 5.69. The highest BCUT2D eigenvalue weighted by Crippen LogP contribution is 2.10. The van der Waals surface area contributed by atoms with Crippen LogP contribution in [0.3, 0.4) is 0 Å². The summed E-state index contributed by atoms with van der Waals surface area (Å²) in [6.07, 6.45) is 5.72. The summed E-state index contributed by atoms with van der Waals surface area (Å²) < 4.78 is 3.47. The zero-order valence-corrected chi connectivity index (χ0v) is 12.4. The second-order valence-electron chi connectivity index (χ2n) is 5.47. The van der Waals surface area contributed by atoms with Gasteiger partial charge in [-0.15, -0.1) is 0 Å². The van der Waals surface area contributed by atoms with Gasteiger partial charge in [-0.05, 0) is 6.07 Å². The third-order valence-electron chi connectivity index (χ3n) is 3.76. The minimum atomic E-state index is 0.0247. The van der Waals surface area contributed by atoms with Crippen molar-refractivity contribution in [2.24, 2.45) is 14.1 Å². The van der Waals surface area contributed by atoms with E-state index in [0.717, 1.165) is 32.7 Å². The lowest BCUT2D eigenvalue weighted by Crippen LogP contribution is -2.48. The van der Waals surface area contributed by atoms with Crippen LogP contribution >= 0.6 is 0 Å². The molecule has 3 rings (SSSR count). The third kappa shape index (κ3) is 3.13. The molecular weight excluding hydrogens is 268 g/mol. The van der Waals surface area contributed by atoms with E-state index in [1.165, 1.54) is 5.56 Å². The maximum atomic E-state index is 12.3. The molecule has 0 atom stereocenters. The van der Waals surface area contributed by atoms with E-state index in [4.69, 9.17) is 0 Å². The summed E-state index contributed by atoms with van der Waals surface area (Å²) in [5.74, 6) is 0.0247. The number of aryl methyl sites for hydroxylation is 2. The zero-order valence-electron chi connectivity index (χ0n) is 12.4. The molecule has 1 amide bonds. The average Bonchev–Trinajstić information content (AvgIpc) is 3.08. The van der Waals surface area contributed by atoms with Crippen molar-refractivity contribution < 1.29 is 4.79 Å². The summed E-state index contributed by atoms with van der Waals surface area (Å²) >= 11 is 0. The van der Waals surface area contributed by atoms with E-state index < -0.39 is 0 Å². The number of amides is 1. The van der Waals surface area contributed by atoms with Crippen molar-refractivity contribution in [3.63, 3.8) is 0 Å². The van der Waals surface area contributed by atoms with Crippen molar-refractivity contribution >= 4 is 5.91 Å². The van der Waals surface area contributed by atoms with Crippen molar-refractivity contribution in [1.29, 1.82) is 0 Å². The number of carbonyl (C=O) groups excluding carboxylic acids is 1. The van der Waals surface area contributed by atoms with Gasteiger partial charge in [0.2, 0.25) is 0 Å².